The van der Waals surface area contributed by atoms with Crippen LogP contribution in [-0.4, -0.2) is 0 Å². The highest BCUT2D eigenvalue weighted by atomic mass is 127. The molecule has 0 bridgehead atoms. The van der Waals surface area contributed by atoms with Crippen molar-refractivity contribution in [3.05, 3.63) is 31.3 Å². The van der Waals surface area contributed by atoms with Crippen LogP contribution >= 0.6 is 45.8 Å². The lowest BCUT2D eigenvalue weighted by molar-refractivity contribution is 1.07. The van der Waals surface area contributed by atoms with Crippen LogP contribution in [0.5, 0.6) is 0 Å². The standard InChI is InChI=1S/C7H6Cl2IN/c8-5-2-1-4(3-11)6(9)7(5)10/h1-2H,3,11H2. The molecule has 0 aliphatic rings. The summed E-state index contributed by atoms with van der Waals surface area (Å²) in [6.45, 7) is 0.450. The van der Waals surface area contributed by atoms with E-state index in [1.165, 1.54) is 0 Å². The molecule has 11 heavy (non-hydrogen) atoms. The molecule has 0 aliphatic heterocycles. The van der Waals surface area contributed by atoms with Crippen LogP contribution in [0.2, 0.25) is 10.0 Å². The summed E-state index contributed by atoms with van der Waals surface area (Å²) < 4.78 is 0.869. The molecule has 0 amide bonds. The lowest BCUT2D eigenvalue weighted by Gasteiger charge is -2.03. The summed E-state index contributed by atoms with van der Waals surface area (Å²) in [5, 5.41) is 1.34. The minimum atomic E-state index is 0.450. The molecule has 1 aromatic rings. The van der Waals surface area contributed by atoms with Crippen LogP contribution in [0, 0.1) is 3.57 Å². The highest BCUT2D eigenvalue weighted by Gasteiger charge is 2.05. The number of nitrogens with two attached hydrogens (primary N) is 1. The molecule has 1 aromatic carbocycles. The van der Waals surface area contributed by atoms with Gasteiger partial charge in [-0.05, 0) is 34.2 Å². The molecule has 0 radical (unpaired) electrons. The predicted molar refractivity (Wildman–Crippen MR) is 57.1 cm³/mol. The Morgan fingerprint density at radius 3 is 2.55 bits per heavy atom. The topological polar surface area (TPSA) is 26.0 Å². The smallest absolute Gasteiger partial charge is 0.0599 e. The van der Waals surface area contributed by atoms with Gasteiger partial charge in [0.05, 0.1) is 13.6 Å². The molecule has 2 N–H and O–H groups in total. The lowest BCUT2D eigenvalue weighted by atomic mass is 10.2. The number of halogens is 3. The van der Waals surface area contributed by atoms with Crippen LogP contribution in [0.25, 0.3) is 0 Å². The van der Waals surface area contributed by atoms with Crippen molar-refractivity contribution in [2.75, 3.05) is 0 Å². The SMILES string of the molecule is NCc1ccc(Cl)c(I)c1Cl. The van der Waals surface area contributed by atoms with E-state index in [4.69, 9.17) is 28.9 Å². The molecule has 60 valence electrons. The zero-order valence-electron chi connectivity index (χ0n) is 5.57. The second-order valence-electron chi connectivity index (χ2n) is 2.04. The van der Waals surface area contributed by atoms with Crippen LogP contribution in [0.15, 0.2) is 12.1 Å². The highest BCUT2D eigenvalue weighted by molar-refractivity contribution is 14.1. The molecule has 0 heterocycles. The van der Waals surface area contributed by atoms with E-state index in [1.807, 2.05) is 6.07 Å². The van der Waals surface area contributed by atoms with Crippen molar-refractivity contribution in [3.8, 4) is 0 Å². The molecular weight excluding hydrogens is 296 g/mol. The van der Waals surface area contributed by atoms with E-state index in [-0.39, 0.29) is 0 Å². The molecule has 0 aromatic heterocycles. The molecule has 0 fully saturated rings. The van der Waals surface area contributed by atoms with Gasteiger partial charge in [-0.3, -0.25) is 0 Å². The first-order valence-corrected chi connectivity index (χ1v) is 4.82. The van der Waals surface area contributed by atoms with E-state index in [1.54, 1.807) is 6.07 Å². The van der Waals surface area contributed by atoms with E-state index >= 15 is 0 Å². The van der Waals surface area contributed by atoms with Crippen molar-refractivity contribution in [3.63, 3.8) is 0 Å². The third kappa shape index (κ3) is 1.99. The zero-order chi connectivity index (χ0) is 8.43. The van der Waals surface area contributed by atoms with Gasteiger partial charge in [0, 0.05) is 6.54 Å². The molecule has 0 atom stereocenters. The number of benzene rings is 1. The lowest BCUT2D eigenvalue weighted by Crippen LogP contribution is -1.98. The largest absolute Gasteiger partial charge is 0.326 e. The van der Waals surface area contributed by atoms with Crippen LogP contribution < -0.4 is 5.73 Å². The number of rotatable bonds is 1. The Hall–Kier alpha value is 0.490. The van der Waals surface area contributed by atoms with Gasteiger partial charge in [-0.15, -0.1) is 0 Å². The summed E-state index contributed by atoms with van der Waals surface area (Å²) in [4.78, 5) is 0. The van der Waals surface area contributed by atoms with Crippen molar-refractivity contribution in [2.45, 2.75) is 6.54 Å². The quantitative estimate of drug-likeness (QED) is 0.626. The van der Waals surface area contributed by atoms with Crippen molar-refractivity contribution in [2.24, 2.45) is 5.73 Å². The fourth-order valence-electron chi connectivity index (χ4n) is 0.724. The molecule has 4 heteroatoms. The minimum Gasteiger partial charge on any atom is -0.326 e. The van der Waals surface area contributed by atoms with E-state index in [9.17, 15) is 0 Å². The summed E-state index contributed by atoms with van der Waals surface area (Å²) in [5.41, 5.74) is 6.37. The summed E-state index contributed by atoms with van der Waals surface area (Å²) >= 11 is 13.8. The maximum Gasteiger partial charge on any atom is 0.0599 e. The predicted octanol–water partition coefficient (Wildman–Crippen LogP) is 3.06. The van der Waals surface area contributed by atoms with E-state index in [0.717, 1.165) is 9.13 Å². The van der Waals surface area contributed by atoms with Gasteiger partial charge >= 0.3 is 0 Å². The zero-order valence-corrected chi connectivity index (χ0v) is 9.24. The van der Waals surface area contributed by atoms with Crippen LogP contribution in [0.4, 0.5) is 0 Å². The Morgan fingerprint density at radius 2 is 2.00 bits per heavy atom. The van der Waals surface area contributed by atoms with Gasteiger partial charge in [0.2, 0.25) is 0 Å². The van der Waals surface area contributed by atoms with E-state index < -0.39 is 0 Å². The van der Waals surface area contributed by atoms with Crippen molar-refractivity contribution in [1.29, 1.82) is 0 Å². The fourth-order valence-corrected chi connectivity index (χ4v) is 1.70. The molecule has 0 saturated carbocycles. The number of hydrogen-bond donors (Lipinski definition) is 1. The molecular formula is C7H6Cl2IN. The summed E-state index contributed by atoms with van der Waals surface area (Å²) in [6, 6.07) is 3.64. The fraction of sp³-hybridized carbons (Fsp3) is 0.143. The minimum absolute atomic E-state index is 0.450. The van der Waals surface area contributed by atoms with E-state index in [2.05, 4.69) is 22.6 Å². The van der Waals surface area contributed by atoms with Crippen molar-refractivity contribution < 1.29 is 0 Å². The monoisotopic (exact) mass is 301 g/mol. The molecule has 1 nitrogen and oxygen atoms in total. The number of hydrogen-bond acceptors (Lipinski definition) is 1. The molecule has 0 saturated heterocycles. The van der Waals surface area contributed by atoms with Crippen LogP contribution in [-0.2, 0) is 6.54 Å². The van der Waals surface area contributed by atoms with Gasteiger partial charge in [-0.2, -0.15) is 0 Å². The summed E-state index contributed by atoms with van der Waals surface area (Å²) in [6.07, 6.45) is 0. The van der Waals surface area contributed by atoms with Gasteiger partial charge in [0.15, 0.2) is 0 Å². The molecule has 0 spiro atoms. The van der Waals surface area contributed by atoms with Crippen molar-refractivity contribution >= 4 is 45.8 Å². The first-order chi connectivity index (χ1) is 5.16. The van der Waals surface area contributed by atoms with Gasteiger partial charge in [0.1, 0.15) is 0 Å². The highest BCUT2D eigenvalue weighted by Crippen LogP contribution is 2.28. The normalized spacial score (nSPS) is 10.2. The third-order valence-electron chi connectivity index (χ3n) is 1.34. The third-order valence-corrected chi connectivity index (χ3v) is 3.84. The Balaban J connectivity index is 3.25. The average Bonchev–Trinajstić information content (AvgIpc) is 2.01. The van der Waals surface area contributed by atoms with Crippen LogP contribution in [0.1, 0.15) is 5.56 Å². The first kappa shape index (κ1) is 9.58. The Morgan fingerprint density at radius 1 is 1.36 bits per heavy atom. The summed E-state index contributed by atoms with van der Waals surface area (Å²) in [7, 11) is 0. The van der Waals surface area contributed by atoms with Crippen molar-refractivity contribution in [1.82, 2.24) is 0 Å². The van der Waals surface area contributed by atoms with Gasteiger partial charge < -0.3 is 5.73 Å². The molecule has 0 unspecified atom stereocenters. The maximum absolute atomic E-state index is 5.93. The second kappa shape index (κ2) is 3.94. The average molecular weight is 302 g/mol. The van der Waals surface area contributed by atoms with Gasteiger partial charge in [0.25, 0.3) is 0 Å². The molecule has 0 aliphatic carbocycles. The Bertz CT molecular complexity index is 275. The van der Waals surface area contributed by atoms with Gasteiger partial charge in [-0.25, -0.2) is 0 Å². The first-order valence-electron chi connectivity index (χ1n) is 2.99. The van der Waals surface area contributed by atoms with Gasteiger partial charge in [-0.1, -0.05) is 29.3 Å². The Labute approximate surface area is 89.0 Å². The summed E-state index contributed by atoms with van der Waals surface area (Å²) in [5.74, 6) is 0. The maximum atomic E-state index is 5.93. The Kier molecular flexibility index (Phi) is 3.43. The second-order valence-corrected chi connectivity index (χ2v) is 3.90. The van der Waals surface area contributed by atoms with E-state index in [0.29, 0.717) is 16.6 Å². The molecule has 1 rings (SSSR count). The van der Waals surface area contributed by atoms with Crippen LogP contribution in [0.3, 0.4) is 0 Å².